The first-order chi connectivity index (χ1) is 6.88. The summed E-state index contributed by atoms with van der Waals surface area (Å²) in [5.41, 5.74) is 0.0810. The minimum absolute atomic E-state index is 0.0248. The van der Waals surface area contributed by atoms with Crippen molar-refractivity contribution < 1.29 is 9.53 Å². The Morgan fingerprint density at radius 2 is 1.73 bits per heavy atom. The lowest BCUT2D eigenvalue weighted by Crippen LogP contribution is -2.26. The molecule has 0 N–H and O–H groups in total. The summed E-state index contributed by atoms with van der Waals surface area (Å²) in [5, 5.41) is 0. The molecule has 0 heterocycles. The van der Waals surface area contributed by atoms with E-state index in [1.54, 1.807) is 0 Å². The molecule has 1 rings (SSSR count). The third kappa shape index (κ3) is 4.67. The van der Waals surface area contributed by atoms with Crippen molar-refractivity contribution in [3.8, 4) is 0 Å². The van der Waals surface area contributed by atoms with Gasteiger partial charge in [0.1, 0.15) is 0 Å². The van der Waals surface area contributed by atoms with Gasteiger partial charge in [0.05, 0.1) is 12.5 Å². The molecule has 0 aromatic carbocycles. The molecular weight excluding hydrogens is 188 g/mol. The van der Waals surface area contributed by atoms with Crippen molar-refractivity contribution in [1.82, 2.24) is 0 Å². The summed E-state index contributed by atoms with van der Waals surface area (Å²) in [6.07, 6.45) is 4.39. The Morgan fingerprint density at radius 1 is 1.20 bits per heavy atom. The molecule has 0 unspecified atom stereocenters. The number of hydrogen-bond donors (Lipinski definition) is 0. The molecule has 0 aliphatic heterocycles. The fraction of sp³-hybridized carbons (Fsp3) is 0.923. The zero-order valence-electron chi connectivity index (χ0n) is 10.5. The Hall–Kier alpha value is -0.530. The van der Waals surface area contributed by atoms with Gasteiger partial charge in [-0.2, -0.15) is 0 Å². The van der Waals surface area contributed by atoms with Gasteiger partial charge in [-0.25, -0.2) is 0 Å². The summed E-state index contributed by atoms with van der Waals surface area (Å²) in [4.78, 5) is 11.7. The molecule has 0 aromatic rings. The molecule has 2 heteroatoms. The Bertz CT molecular complexity index is 207. The van der Waals surface area contributed by atoms with E-state index in [-0.39, 0.29) is 17.3 Å². The van der Waals surface area contributed by atoms with Gasteiger partial charge >= 0.3 is 5.97 Å². The second kappa shape index (κ2) is 5.00. The zero-order chi connectivity index (χ0) is 11.5. The molecular formula is C13H24O2. The van der Waals surface area contributed by atoms with Crippen molar-refractivity contribution in [2.45, 2.75) is 53.4 Å². The fourth-order valence-electron chi connectivity index (χ4n) is 1.90. The van der Waals surface area contributed by atoms with Gasteiger partial charge in [0.2, 0.25) is 0 Å². The van der Waals surface area contributed by atoms with E-state index in [1.807, 2.05) is 0 Å². The van der Waals surface area contributed by atoms with Crippen molar-refractivity contribution in [3.05, 3.63) is 0 Å². The van der Waals surface area contributed by atoms with Crippen LogP contribution >= 0.6 is 0 Å². The Kier molecular flexibility index (Phi) is 4.18. The number of hydrogen-bond acceptors (Lipinski definition) is 2. The molecule has 2 nitrogen and oxygen atoms in total. The van der Waals surface area contributed by atoms with Crippen LogP contribution in [0.1, 0.15) is 53.4 Å². The number of carbonyl (C=O) groups excluding carboxylic acids is 1. The van der Waals surface area contributed by atoms with Crippen LogP contribution in [0.5, 0.6) is 0 Å². The third-order valence-corrected chi connectivity index (χ3v) is 3.00. The summed E-state index contributed by atoms with van der Waals surface area (Å²) < 4.78 is 5.34. The number of carbonyl (C=O) groups is 1. The maximum absolute atomic E-state index is 11.7. The zero-order valence-corrected chi connectivity index (χ0v) is 10.5. The lowest BCUT2D eigenvalue weighted by molar-refractivity contribution is -0.152. The molecule has 0 spiro atoms. The van der Waals surface area contributed by atoms with E-state index < -0.39 is 0 Å². The summed E-state index contributed by atoms with van der Waals surface area (Å²) in [6.45, 7) is 9.06. The van der Waals surface area contributed by atoms with Gasteiger partial charge < -0.3 is 4.74 Å². The number of ether oxygens (including phenoxy) is 1. The van der Waals surface area contributed by atoms with Gasteiger partial charge in [-0.1, -0.05) is 27.7 Å². The van der Waals surface area contributed by atoms with E-state index in [2.05, 4.69) is 27.7 Å². The Labute approximate surface area is 93.4 Å². The van der Waals surface area contributed by atoms with Gasteiger partial charge in [-0.05, 0) is 37.0 Å². The molecule has 1 fully saturated rings. The van der Waals surface area contributed by atoms with E-state index >= 15 is 0 Å². The highest BCUT2D eigenvalue weighted by atomic mass is 16.5. The highest BCUT2D eigenvalue weighted by Crippen LogP contribution is 2.29. The first-order valence-corrected chi connectivity index (χ1v) is 6.05. The van der Waals surface area contributed by atoms with E-state index in [9.17, 15) is 4.79 Å². The lowest BCUT2D eigenvalue weighted by Gasteiger charge is -2.26. The van der Waals surface area contributed by atoms with Crippen LogP contribution < -0.4 is 0 Å². The predicted molar refractivity (Wildman–Crippen MR) is 61.5 cm³/mol. The second-order valence-electron chi connectivity index (χ2n) is 6.13. The molecule has 15 heavy (non-hydrogen) atoms. The van der Waals surface area contributed by atoms with Crippen LogP contribution in [0.4, 0.5) is 0 Å². The maximum Gasteiger partial charge on any atom is 0.308 e. The van der Waals surface area contributed by atoms with Gasteiger partial charge in [-0.15, -0.1) is 0 Å². The highest BCUT2D eigenvalue weighted by Gasteiger charge is 2.26. The molecule has 88 valence electrons. The maximum atomic E-state index is 11.7. The molecule has 0 saturated heterocycles. The lowest BCUT2D eigenvalue weighted by atomic mass is 9.83. The third-order valence-electron chi connectivity index (χ3n) is 3.00. The fourth-order valence-corrected chi connectivity index (χ4v) is 1.90. The van der Waals surface area contributed by atoms with Crippen molar-refractivity contribution >= 4 is 5.97 Å². The normalized spacial score (nSPS) is 27.5. The van der Waals surface area contributed by atoms with E-state index in [1.165, 1.54) is 12.8 Å². The summed E-state index contributed by atoms with van der Waals surface area (Å²) in [7, 11) is 0. The van der Waals surface area contributed by atoms with Gasteiger partial charge in [0.15, 0.2) is 0 Å². The first-order valence-electron chi connectivity index (χ1n) is 6.05. The SMILES string of the molecule is CC1CCC(C(=O)OCC(C)(C)C)CC1. The van der Waals surface area contributed by atoms with Crippen molar-refractivity contribution in [3.63, 3.8) is 0 Å². The minimum Gasteiger partial charge on any atom is -0.465 e. The molecule has 1 aliphatic carbocycles. The van der Waals surface area contributed by atoms with Crippen molar-refractivity contribution in [1.29, 1.82) is 0 Å². The number of rotatable bonds is 2. The number of esters is 1. The molecule has 0 aromatic heterocycles. The van der Waals surface area contributed by atoms with Crippen LogP contribution in [0.25, 0.3) is 0 Å². The topological polar surface area (TPSA) is 26.3 Å². The molecule has 0 bridgehead atoms. The quantitative estimate of drug-likeness (QED) is 0.656. The van der Waals surface area contributed by atoms with Gasteiger partial charge in [0.25, 0.3) is 0 Å². The molecule has 0 radical (unpaired) electrons. The predicted octanol–water partition coefficient (Wildman–Crippen LogP) is 3.40. The van der Waals surface area contributed by atoms with Crippen LogP contribution in [0.3, 0.4) is 0 Å². The Balaban J connectivity index is 2.29. The highest BCUT2D eigenvalue weighted by molar-refractivity contribution is 5.72. The largest absolute Gasteiger partial charge is 0.465 e. The molecule has 1 saturated carbocycles. The summed E-state index contributed by atoms with van der Waals surface area (Å²) in [5.74, 6) is 0.983. The molecule has 1 aliphatic rings. The van der Waals surface area contributed by atoms with E-state index in [4.69, 9.17) is 4.74 Å². The van der Waals surface area contributed by atoms with Crippen molar-refractivity contribution in [2.75, 3.05) is 6.61 Å². The van der Waals surface area contributed by atoms with E-state index in [0.717, 1.165) is 18.8 Å². The first kappa shape index (κ1) is 12.5. The average molecular weight is 212 g/mol. The summed E-state index contributed by atoms with van der Waals surface area (Å²) in [6, 6.07) is 0. The van der Waals surface area contributed by atoms with Crippen LogP contribution in [-0.4, -0.2) is 12.6 Å². The van der Waals surface area contributed by atoms with Crippen LogP contribution in [0, 0.1) is 17.3 Å². The minimum atomic E-state index is 0.0248. The van der Waals surface area contributed by atoms with Gasteiger partial charge in [-0.3, -0.25) is 4.79 Å². The second-order valence-corrected chi connectivity index (χ2v) is 6.13. The summed E-state index contributed by atoms with van der Waals surface area (Å²) >= 11 is 0. The van der Waals surface area contributed by atoms with Crippen LogP contribution in [0.2, 0.25) is 0 Å². The molecule has 0 amide bonds. The van der Waals surface area contributed by atoms with Crippen LogP contribution in [-0.2, 0) is 9.53 Å². The van der Waals surface area contributed by atoms with Crippen molar-refractivity contribution in [2.24, 2.45) is 17.3 Å². The Morgan fingerprint density at radius 3 is 2.20 bits per heavy atom. The van der Waals surface area contributed by atoms with Crippen LogP contribution in [0.15, 0.2) is 0 Å². The molecule has 0 atom stereocenters. The monoisotopic (exact) mass is 212 g/mol. The van der Waals surface area contributed by atoms with E-state index in [0.29, 0.717) is 6.61 Å². The standard InChI is InChI=1S/C13H24O2/c1-10-5-7-11(8-6-10)12(14)15-9-13(2,3)4/h10-11H,5-9H2,1-4H3. The average Bonchev–Trinajstić information content (AvgIpc) is 2.14. The van der Waals surface area contributed by atoms with Gasteiger partial charge in [0, 0.05) is 0 Å². The smallest absolute Gasteiger partial charge is 0.308 e.